The fourth-order valence-corrected chi connectivity index (χ4v) is 4.05. The van der Waals surface area contributed by atoms with Crippen LogP contribution in [-0.4, -0.2) is 95.8 Å². The van der Waals surface area contributed by atoms with Crippen LogP contribution in [0.15, 0.2) is 18.2 Å². The summed E-state index contributed by atoms with van der Waals surface area (Å²) in [5.41, 5.74) is 0.496. The van der Waals surface area contributed by atoms with Crippen molar-refractivity contribution >= 4 is 41.9 Å². The highest BCUT2D eigenvalue weighted by Gasteiger charge is 2.34. The molecule has 4 N–H and O–H groups in total. The molecule has 1 saturated heterocycles. The van der Waals surface area contributed by atoms with Crippen LogP contribution in [0.25, 0.3) is 0 Å². The van der Waals surface area contributed by atoms with Gasteiger partial charge in [-0.15, -0.1) is 0 Å². The van der Waals surface area contributed by atoms with E-state index in [0.717, 1.165) is 5.06 Å². The zero-order valence-electron chi connectivity index (χ0n) is 26.0. The van der Waals surface area contributed by atoms with Gasteiger partial charge in [0.25, 0.3) is 11.8 Å². The van der Waals surface area contributed by atoms with Gasteiger partial charge < -0.3 is 44.7 Å². The summed E-state index contributed by atoms with van der Waals surface area (Å²) in [5.74, 6) is -4.27. The molecule has 46 heavy (non-hydrogen) atoms. The minimum atomic E-state index is -1.29. The molecule has 1 fully saturated rings. The molecule has 0 aliphatic carbocycles. The molecule has 3 atom stereocenters. The zero-order chi connectivity index (χ0) is 34.2. The number of aldehydes is 1. The number of hydrogen-bond donors (Lipinski definition) is 4. The number of carbonyl (C=O) groups excluding carboxylic acids is 6. The predicted octanol–water partition coefficient (Wildman–Crippen LogP) is 0.627. The maximum absolute atomic E-state index is 13.1. The van der Waals surface area contributed by atoms with E-state index in [-0.39, 0.29) is 81.9 Å². The predicted molar refractivity (Wildman–Crippen MR) is 157 cm³/mol. The molecule has 254 valence electrons. The number of carboxylic acid groups (broad SMARTS) is 1. The summed E-state index contributed by atoms with van der Waals surface area (Å²) in [6.45, 7) is 3.29. The highest BCUT2D eigenvalue weighted by atomic mass is 16.7. The molecule has 1 aliphatic heterocycles. The van der Waals surface area contributed by atoms with Crippen molar-refractivity contribution in [1.29, 1.82) is 0 Å². The van der Waals surface area contributed by atoms with E-state index in [2.05, 4.69) is 10.6 Å². The van der Waals surface area contributed by atoms with Crippen LogP contribution in [0.5, 0.6) is 5.75 Å². The topological polar surface area (TPSA) is 224 Å². The van der Waals surface area contributed by atoms with Crippen LogP contribution < -0.4 is 15.4 Å². The number of rotatable bonds is 17. The second-order valence-electron chi connectivity index (χ2n) is 10.7. The minimum absolute atomic E-state index is 0.00600. The van der Waals surface area contributed by atoms with Crippen LogP contribution in [0.1, 0.15) is 74.7 Å². The molecule has 1 aromatic carbocycles. The Bertz CT molecular complexity index is 1250. The number of ether oxygens (including phenoxy) is 3. The largest absolute Gasteiger partial charge is 0.479 e. The molecule has 1 heterocycles. The first-order valence-corrected chi connectivity index (χ1v) is 14.8. The number of hydroxylamine groups is 2. The second-order valence-corrected chi connectivity index (χ2v) is 10.7. The van der Waals surface area contributed by atoms with Crippen molar-refractivity contribution in [3.8, 4) is 5.75 Å². The molecule has 3 amide bonds. The monoisotopic (exact) mass is 651 g/mol. The van der Waals surface area contributed by atoms with Crippen molar-refractivity contribution in [2.24, 2.45) is 5.92 Å². The van der Waals surface area contributed by atoms with Gasteiger partial charge in [-0.05, 0) is 24.1 Å². The third-order valence-electron chi connectivity index (χ3n) is 6.53. The molecule has 0 saturated carbocycles. The summed E-state index contributed by atoms with van der Waals surface area (Å²) in [6, 6.07) is 4.45. The standard InChI is InChI=1S/C30H41N3O13/c1-18(2)30(42)43-17-19-9-10-22(44-27-16-20(35)15-23(45-27)29(40)41)21(14-19)28(39)32-12-11-31-24(36)6-4-8-26(38)46-33(3)25(37)7-5-13-34/h9-10,13-14,18,20,23,27,35H,4-8,11-12,15-17H2,1-3H3,(H,31,36)(H,32,39)(H,40,41)/t20?,23-,27?/m0/s1. The third-order valence-corrected chi connectivity index (χ3v) is 6.53. The molecular formula is C30H41N3O13. The lowest BCUT2D eigenvalue weighted by Crippen LogP contribution is -2.42. The Morgan fingerprint density at radius 3 is 2.46 bits per heavy atom. The van der Waals surface area contributed by atoms with Crippen molar-refractivity contribution in [3.05, 3.63) is 29.3 Å². The Kier molecular flexibility index (Phi) is 15.6. The molecule has 1 aliphatic rings. The first-order chi connectivity index (χ1) is 21.8. The molecule has 0 radical (unpaired) electrons. The maximum Gasteiger partial charge on any atom is 0.333 e. The van der Waals surface area contributed by atoms with E-state index in [1.54, 1.807) is 19.9 Å². The summed E-state index contributed by atoms with van der Waals surface area (Å²) in [7, 11) is 1.25. The number of aliphatic hydroxyl groups excluding tert-OH is 1. The molecule has 0 spiro atoms. The second kappa shape index (κ2) is 19.1. The summed E-state index contributed by atoms with van der Waals surface area (Å²) < 4.78 is 16.4. The Balaban J connectivity index is 1.91. The molecule has 0 aromatic heterocycles. The van der Waals surface area contributed by atoms with E-state index in [1.807, 2.05) is 0 Å². The quantitative estimate of drug-likeness (QED) is 0.0786. The number of aliphatic carboxylic acids is 1. The van der Waals surface area contributed by atoms with Gasteiger partial charge in [0, 0.05) is 58.7 Å². The number of nitrogens with one attached hydrogen (secondary N) is 2. The van der Waals surface area contributed by atoms with Gasteiger partial charge in [-0.2, -0.15) is 5.06 Å². The van der Waals surface area contributed by atoms with E-state index >= 15 is 0 Å². The number of esters is 1. The highest BCUT2D eigenvalue weighted by Crippen LogP contribution is 2.27. The molecule has 16 nitrogen and oxygen atoms in total. The number of amides is 3. The molecule has 2 unspecified atom stereocenters. The van der Waals surface area contributed by atoms with E-state index in [0.29, 0.717) is 11.8 Å². The van der Waals surface area contributed by atoms with Crippen LogP contribution in [0.2, 0.25) is 0 Å². The van der Waals surface area contributed by atoms with Crippen LogP contribution in [0, 0.1) is 5.92 Å². The summed E-state index contributed by atoms with van der Waals surface area (Å²) in [4.78, 5) is 87.4. The Morgan fingerprint density at radius 1 is 1.07 bits per heavy atom. The third kappa shape index (κ3) is 13.2. The molecule has 0 bridgehead atoms. The van der Waals surface area contributed by atoms with E-state index in [4.69, 9.17) is 19.0 Å². The van der Waals surface area contributed by atoms with Gasteiger partial charge in [0.2, 0.25) is 12.2 Å². The van der Waals surface area contributed by atoms with Gasteiger partial charge in [0.1, 0.15) is 18.6 Å². The Labute approximate surface area is 265 Å². The first-order valence-electron chi connectivity index (χ1n) is 14.8. The molecule has 1 aromatic rings. The maximum atomic E-state index is 13.1. The number of hydrogen-bond acceptors (Lipinski definition) is 12. The fraction of sp³-hybridized carbons (Fsp3) is 0.567. The van der Waals surface area contributed by atoms with Crippen LogP contribution in [-0.2, 0) is 49.7 Å². The zero-order valence-corrected chi connectivity index (χ0v) is 26.0. The Hall–Kier alpha value is -4.57. The van der Waals surface area contributed by atoms with Gasteiger partial charge in [0.05, 0.1) is 17.6 Å². The summed E-state index contributed by atoms with van der Waals surface area (Å²) in [5, 5.41) is 25.4. The number of carboxylic acids is 1. The molecule has 2 rings (SSSR count). The summed E-state index contributed by atoms with van der Waals surface area (Å²) >= 11 is 0. The molecule has 16 heteroatoms. The lowest BCUT2D eigenvalue weighted by molar-refractivity contribution is -0.195. The first kappa shape index (κ1) is 37.6. The smallest absolute Gasteiger partial charge is 0.333 e. The average molecular weight is 652 g/mol. The van der Waals surface area contributed by atoms with Crippen molar-refractivity contribution in [3.63, 3.8) is 0 Å². The van der Waals surface area contributed by atoms with E-state index < -0.39 is 54.1 Å². The van der Waals surface area contributed by atoms with Crippen LogP contribution in [0.4, 0.5) is 0 Å². The number of benzene rings is 1. The SMILES string of the molecule is CC(C)C(=O)OCc1ccc(OC2CC(O)C[C@@H](C(=O)O)O2)c(C(=O)NCCNC(=O)CCCC(=O)ON(C)C(=O)CCC=O)c1. The van der Waals surface area contributed by atoms with Gasteiger partial charge >= 0.3 is 17.9 Å². The molecular weight excluding hydrogens is 610 g/mol. The van der Waals surface area contributed by atoms with Crippen molar-refractivity contribution < 1.29 is 62.8 Å². The van der Waals surface area contributed by atoms with Gasteiger partial charge in [-0.3, -0.25) is 19.2 Å². The summed E-state index contributed by atoms with van der Waals surface area (Å²) in [6.07, 6.45) is -3.09. The van der Waals surface area contributed by atoms with Crippen LogP contribution in [0.3, 0.4) is 0 Å². The van der Waals surface area contributed by atoms with Gasteiger partial charge in [-0.1, -0.05) is 19.9 Å². The number of aliphatic hydroxyl groups is 1. The highest BCUT2D eigenvalue weighted by molar-refractivity contribution is 5.97. The average Bonchev–Trinajstić information content (AvgIpc) is 3.00. The lowest BCUT2D eigenvalue weighted by atomic mass is 10.0. The van der Waals surface area contributed by atoms with E-state index in [9.17, 15) is 43.8 Å². The van der Waals surface area contributed by atoms with Gasteiger partial charge in [-0.25, -0.2) is 9.59 Å². The number of carbonyl (C=O) groups is 7. The van der Waals surface area contributed by atoms with Crippen molar-refractivity contribution in [2.45, 2.75) is 83.9 Å². The van der Waals surface area contributed by atoms with Crippen LogP contribution >= 0.6 is 0 Å². The van der Waals surface area contributed by atoms with E-state index in [1.165, 1.54) is 19.2 Å². The van der Waals surface area contributed by atoms with Crippen molar-refractivity contribution in [1.82, 2.24) is 15.7 Å². The van der Waals surface area contributed by atoms with Gasteiger partial charge in [0.15, 0.2) is 6.10 Å². The Morgan fingerprint density at radius 2 is 1.78 bits per heavy atom. The fourth-order valence-electron chi connectivity index (χ4n) is 4.05. The number of nitrogens with zero attached hydrogens (tertiary/aromatic N) is 1. The lowest BCUT2D eigenvalue weighted by Gasteiger charge is -2.31. The van der Waals surface area contributed by atoms with Crippen molar-refractivity contribution in [2.75, 3.05) is 20.1 Å². The normalized spacial score (nSPS) is 17.4. The minimum Gasteiger partial charge on any atom is -0.479 e.